The maximum Gasteiger partial charge on any atom is 0.142 e. The first-order valence-corrected chi connectivity index (χ1v) is 6.68. The molecule has 0 aliphatic rings. The molecule has 1 heterocycles. The number of unbranched alkanes of at least 4 members (excludes halogenated alkanes) is 1. The van der Waals surface area contributed by atoms with Gasteiger partial charge in [0.05, 0.1) is 12.3 Å². The van der Waals surface area contributed by atoms with Crippen LogP contribution >= 0.6 is 0 Å². The molecule has 0 radical (unpaired) electrons. The Hall–Kier alpha value is -1.13. The number of hydrogen-bond donors (Lipinski definition) is 2. The highest BCUT2D eigenvalue weighted by Gasteiger charge is 2.05. The standard InChI is InChI=1S/C14H24N2O2/c1-3-8-15-11-13-14(7-6-12(2)16-13)18-10-5-4-9-17/h6-7,15,17H,3-5,8-11H2,1-2H3. The molecule has 0 bridgehead atoms. The minimum Gasteiger partial charge on any atom is -0.492 e. The maximum absolute atomic E-state index is 8.72. The van der Waals surface area contributed by atoms with E-state index in [4.69, 9.17) is 9.84 Å². The minimum absolute atomic E-state index is 0.223. The number of aliphatic hydroxyl groups is 1. The Morgan fingerprint density at radius 3 is 2.89 bits per heavy atom. The van der Waals surface area contributed by atoms with E-state index in [0.717, 1.165) is 49.5 Å². The number of aromatic nitrogens is 1. The van der Waals surface area contributed by atoms with Gasteiger partial charge in [-0.15, -0.1) is 0 Å². The Bertz CT molecular complexity index is 343. The van der Waals surface area contributed by atoms with Crippen molar-refractivity contribution in [2.45, 2.75) is 39.7 Å². The van der Waals surface area contributed by atoms with Crippen LogP contribution < -0.4 is 10.1 Å². The number of nitrogens with zero attached hydrogens (tertiary/aromatic N) is 1. The smallest absolute Gasteiger partial charge is 0.142 e. The van der Waals surface area contributed by atoms with E-state index >= 15 is 0 Å². The van der Waals surface area contributed by atoms with Gasteiger partial charge in [0.2, 0.25) is 0 Å². The van der Waals surface area contributed by atoms with Crippen molar-refractivity contribution in [3.8, 4) is 5.75 Å². The summed E-state index contributed by atoms with van der Waals surface area (Å²) in [5, 5.41) is 12.1. The monoisotopic (exact) mass is 252 g/mol. The van der Waals surface area contributed by atoms with Crippen molar-refractivity contribution in [2.24, 2.45) is 0 Å². The zero-order chi connectivity index (χ0) is 13.2. The molecule has 0 spiro atoms. The van der Waals surface area contributed by atoms with Crippen LogP contribution in [-0.2, 0) is 6.54 Å². The molecule has 0 saturated heterocycles. The Morgan fingerprint density at radius 1 is 1.33 bits per heavy atom. The maximum atomic E-state index is 8.72. The summed E-state index contributed by atoms with van der Waals surface area (Å²) in [5.74, 6) is 0.849. The van der Waals surface area contributed by atoms with Crippen LogP contribution in [-0.4, -0.2) is 29.8 Å². The summed E-state index contributed by atoms with van der Waals surface area (Å²) in [6, 6.07) is 3.94. The molecule has 1 aromatic heterocycles. The predicted octanol–water partition coefficient (Wildman–Crippen LogP) is 2.04. The average molecular weight is 252 g/mol. The van der Waals surface area contributed by atoms with Gasteiger partial charge in [-0.05, 0) is 44.9 Å². The normalized spacial score (nSPS) is 10.6. The number of aliphatic hydroxyl groups excluding tert-OH is 1. The van der Waals surface area contributed by atoms with Gasteiger partial charge >= 0.3 is 0 Å². The quantitative estimate of drug-likeness (QED) is 0.660. The van der Waals surface area contributed by atoms with Crippen LogP contribution in [0.5, 0.6) is 5.75 Å². The van der Waals surface area contributed by atoms with Crippen LogP contribution in [0.3, 0.4) is 0 Å². The fraction of sp³-hybridized carbons (Fsp3) is 0.643. The molecule has 18 heavy (non-hydrogen) atoms. The summed E-state index contributed by atoms with van der Waals surface area (Å²) < 4.78 is 5.71. The second-order valence-electron chi connectivity index (χ2n) is 4.35. The molecule has 2 N–H and O–H groups in total. The van der Waals surface area contributed by atoms with Gasteiger partial charge in [0.15, 0.2) is 0 Å². The Labute approximate surface area is 109 Å². The molecule has 1 aromatic rings. The van der Waals surface area contributed by atoms with Gasteiger partial charge in [0.25, 0.3) is 0 Å². The summed E-state index contributed by atoms with van der Waals surface area (Å²) in [5.41, 5.74) is 1.97. The lowest BCUT2D eigenvalue weighted by atomic mass is 10.2. The molecule has 0 amide bonds. The van der Waals surface area contributed by atoms with Gasteiger partial charge in [0.1, 0.15) is 5.75 Å². The summed E-state index contributed by atoms with van der Waals surface area (Å²) >= 11 is 0. The Kier molecular flexibility index (Phi) is 7.37. The molecule has 102 valence electrons. The van der Waals surface area contributed by atoms with E-state index in [2.05, 4.69) is 17.2 Å². The van der Waals surface area contributed by atoms with E-state index in [1.165, 1.54) is 0 Å². The van der Waals surface area contributed by atoms with Crippen LogP contribution in [0, 0.1) is 6.92 Å². The van der Waals surface area contributed by atoms with Crippen LogP contribution in [0.4, 0.5) is 0 Å². The second kappa shape index (κ2) is 8.89. The highest BCUT2D eigenvalue weighted by molar-refractivity contribution is 5.29. The molecule has 0 saturated carbocycles. The van der Waals surface area contributed by atoms with Crippen molar-refractivity contribution in [1.29, 1.82) is 0 Å². The zero-order valence-electron chi connectivity index (χ0n) is 11.4. The van der Waals surface area contributed by atoms with Crippen LogP contribution in [0.2, 0.25) is 0 Å². The lowest BCUT2D eigenvalue weighted by Crippen LogP contribution is -2.16. The highest BCUT2D eigenvalue weighted by Crippen LogP contribution is 2.17. The van der Waals surface area contributed by atoms with Crippen molar-refractivity contribution in [3.05, 3.63) is 23.5 Å². The molecular formula is C14H24N2O2. The Morgan fingerprint density at radius 2 is 2.17 bits per heavy atom. The molecule has 0 unspecified atom stereocenters. The number of pyridine rings is 1. The van der Waals surface area contributed by atoms with Gasteiger partial charge in [0, 0.05) is 18.8 Å². The predicted molar refractivity (Wildman–Crippen MR) is 72.8 cm³/mol. The molecule has 0 aromatic carbocycles. The fourth-order valence-electron chi connectivity index (χ4n) is 1.64. The second-order valence-corrected chi connectivity index (χ2v) is 4.35. The molecule has 4 heteroatoms. The SMILES string of the molecule is CCCNCc1nc(C)ccc1OCCCCO. The van der Waals surface area contributed by atoms with Gasteiger partial charge in [-0.25, -0.2) is 0 Å². The third-order valence-corrected chi connectivity index (χ3v) is 2.60. The van der Waals surface area contributed by atoms with E-state index in [0.29, 0.717) is 6.61 Å². The van der Waals surface area contributed by atoms with Crippen molar-refractivity contribution in [3.63, 3.8) is 0 Å². The van der Waals surface area contributed by atoms with Gasteiger partial charge < -0.3 is 15.2 Å². The van der Waals surface area contributed by atoms with Crippen LogP contribution in [0.15, 0.2) is 12.1 Å². The van der Waals surface area contributed by atoms with Gasteiger partial charge in [-0.3, -0.25) is 4.98 Å². The number of rotatable bonds is 9. The van der Waals surface area contributed by atoms with Crippen molar-refractivity contribution >= 4 is 0 Å². The summed E-state index contributed by atoms with van der Waals surface area (Å²) in [6.45, 7) is 6.71. The first-order chi connectivity index (χ1) is 8.77. The number of aryl methyl sites for hydroxylation is 1. The van der Waals surface area contributed by atoms with E-state index in [9.17, 15) is 0 Å². The summed E-state index contributed by atoms with van der Waals surface area (Å²) in [4.78, 5) is 4.51. The average Bonchev–Trinajstić information content (AvgIpc) is 2.37. The van der Waals surface area contributed by atoms with E-state index in [1.807, 2.05) is 19.1 Å². The molecule has 1 rings (SSSR count). The van der Waals surface area contributed by atoms with Crippen molar-refractivity contribution < 1.29 is 9.84 Å². The van der Waals surface area contributed by atoms with E-state index in [-0.39, 0.29) is 6.61 Å². The Balaban J connectivity index is 2.52. The fourth-order valence-corrected chi connectivity index (χ4v) is 1.64. The minimum atomic E-state index is 0.223. The zero-order valence-corrected chi connectivity index (χ0v) is 11.4. The van der Waals surface area contributed by atoms with E-state index in [1.54, 1.807) is 0 Å². The number of nitrogens with one attached hydrogen (secondary N) is 1. The molecular weight excluding hydrogens is 228 g/mol. The van der Waals surface area contributed by atoms with Crippen LogP contribution in [0.25, 0.3) is 0 Å². The summed E-state index contributed by atoms with van der Waals surface area (Å²) in [6.07, 6.45) is 2.76. The number of ether oxygens (including phenoxy) is 1. The lowest BCUT2D eigenvalue weighted by molar-refractivity contribution is 0.251. The first-order valence-electron chi connectivity index (χ1n) is 6.68. The molecule has 0 atom stereocenters. The van der Waals surface area contributed by atoms with Crippen LogP contribution in [0.1, 0.15) is 37.6 Å². The molecule has 0 fully saturated rings. The highest BCUT2D eigenvalue weighted by atomic mass is 16.5. The van der Waals surface area contributed by atoms with Crippen molar-refractivity contribution in [2.75, 3.05) is 19.8 Å². The topological polar surface area (TPSA) is 54.4 Å². The van der Waals surface area contributed by atoms with Crippen molar-refractivity contribution in [1.82, 2.24) is 10.3 Å². The number of hydrogen-bond acceptors (Lipinski definition) is 4. The molecule has 4 nitrogen and oxygen atoms in total. The van der Waals surface area contributed by atoms with Gasteiger partial charge in [-0.1, -0.05) is 6.92 Å². The first kappa shape index (κ1) is 14.9. The van der Waals surface area contributed by atoms with Gasteiger partial charge in [-0.2, -0.15) is 0 Å². The molecule has 0 aliphatic heterocycles. The van der Waals surface area contributed by atoms with E-state index < -0.39 is 0 Å². The third kappa shape index (κ3) is 5.47. The molecule has 0 aliphatic carbocycles. The lowest BCUT2D eigenvalue weighted by Gasteiger charge is -2.12. The third-order valence-electron chi connectivity index (χ3n) is 2.60. The summed E-state index contributed by atoms with van der Waals surface area (Å²) in [7, 11) is 0. The largest absolute Gasteiger partial charge is 0.492 e.